The van der Waals surface area contributed by atoms with Crippen LogP contribution in [-0.2, 0) is 26.2 Å². The predicted octanol–water partition coefficient (Wildman–Crippen LogP) is 6.36. The third-order valence-electron chi connectivity index (χ3n) is 6.57. The molecule has 3 rings (SSSR count). The van der Waals surface area contributed by atoms with E-state index in [0.29, 0.717) is 22.2 Å². The summed E-state index contributed by atoms with van der Waals surface area (Å²) in [7, 11) is -4.25. The second kappa shape index (κ2) is 14.7. The summed E-state index contributed by atoms with van der Waals surface area (Å²) in [4.78, 5) is 28.6. The molecule has 7 nitrogen and oxygen atoms in total. The van der Waals surface area contributed by atoms with Crippen LogP contribution in [0.2, 0.25) is 10.0 Å². The molecule has 0 fully saturated rings. The van der Waals surface area contributed by atoms with E-state index in [4.69, 9.17) is 23.2 Å². The number of sulfonamides is 1. The number of unbranched alkanes of at least 4 members (excludes halogenated alkanes) is 1. The first-order chi connectivity index (χ1) is 19.5. The Bertz CT molecular complexity index is 1450. The maximum atomic E-state index is 14.0. The molecule has 41 heavy (non-hydrogen) atoms. The van der Waals surface area contributed by atoms with Crippen LogP contribution in [0.1, 0.15) is 44.2 Å². The van der Waals surface area contributed by atoms with E-state index >= 15 is 0 Å². The van der Waals surface area contributed by atoms with E-state index < -0.39 is 34.3 Å². The van der Waals surface area contributed by atoms with E-state index in [1.54, 1.807) is 31.2 Å². The van der Waals surface area contributed by atoms with E-state index in [9.17, 15) is 22.4 Å². The molecule has 0 unspecified atom stereocenters. The maximum absolute atomic E-state index is 14.0. The lowest BCUT2D eigenvalue weighted by molar-refractivity contribution is -0.140. The number of hydrogen-bond donors (Lipinski definition) is 1. The molecule has 2 amide bonds. The summed E-state index contributed by atoms with van der Waals surface area (Å²) in [6.07, 6.45) is 1.92. The Morgan fingerprint density at radius 2 is 1.63 bits per heavy atom. The van der Waals surface area contributed by atoms with Gasteiger partial charge in [-0.1, -0.05) is 67.2 Å². The first-order valence-corrected chi connectivity index (χ1v) is 15.5. The van der Waals surface area contributed by atoms with E-state index in [0.717, 1.165) is 34.8 Å². The van der Waals surface area contributed by atoms with E-state index in [1.807, 2.05) is 13.8 Å². The van der Waals surface area contributed by atoms with Crippen molar-refractivity contribution in [2.24, 2.45) is 0 Å². The van der Waals surface area contributed by atoms with E-state index in [1.165, 1.54) is 35.2 Å². The number of nitrogens with zero attached hydrogens (tertiary/aromatic N) is 2. The van der Waals surface area contributed by atoms with E-state index in [2.05, 4.69) is 5.32 Å². The molecule has 0 aromatic heterocycles. The summed E-state index contributed by atoms with van der Waals surface area (Å²) in [5.41, 5.74) is 1.50. The number of nitrogens with one attached hydrogen (secondary N) is 1. The Hall–Kier alpha value is -3.14. The molecule has 11 heteroatoms. The van der Waals surface area contributed by atoms with Gasteiger partial charge in [-0.3, -0.25) is 13.9 Å². The van der Waals surface area contributed by atoms with Gasteiger partial charge in [-0.15, -0.1) is 0 Å². The molecule has 1 N–H and O–H groups in total. The smallest absolute Gasteiger partial charge is 0.264 e. The Labute approximate surface area is 251 Å². The Morgan fingerprint density at radius 3 is 2.22 bits per heavy atom. The molecule has 0 saturated heterocycles. The van der Waals surface area contributed by atoms with Crippen molar-refractivity contribution < 1.29 is 22.4 Å². The lowest BCUT2D eigenvalue weighted by Crippen LogP contribution is -2.52. The van der Waals surface area contributed by atoms with Crippen LogP contribution in [-0.4, -0.2) is 44.3 Å². The average molecular weight is 623 g/mol. The fraction of sp³-hybridized carbons (Fsp3) is 0.333. The SMILES string of the molecule is CCCCNC(=O)[C@H](CC)N(Cc1ccc(Cl)cc1Cl)C(=O)CN(c1ccc(F)cc1)S(=O)(=O)c1ccc(C)cc1. The summed E-state index contributed by atoms with van der Waals surface area (Å²) in [5.74, 6) is -1.54. The molecule has 0 spiro atoms. The zero-order chi connectivity index (χ0) is 30.2. The van der Waals surface area contributed by atoms with Gasteiger partial charge in [0, 0.05) is 23.1 Å². The highest BCUT2D eigenvalue weighted by atomic mass is 35.5. The number of halogens is 3. The number of hydrogen-bond acceptors (Lipinski definition) is 4. The van der Waals surface area contributed by atoms with E-state index in [-0.39, 0.29) is 29.5 Å². The maximum Gasteiger partial charge on any atom is 0.264 e. The average Bonchev–Trinajstić information content (AvgIpc) is 2.93. The molecule has 0 aliphatic heterocycles. The standard InChI is InChI=1S/C30H34Cl2FN3O4S/c1-4-6-17-34-30(38)28(5-2)35(19-22-9-10-23(31)18-27(22)32)29(37)20-36(25-13-11-24(33)12-14-25)41(39,40)26-15-7-21(3)8-16-26/h7-16,18,28H,4-6,17,19-20H2,1-3H3,(H,34,38)/t28-/m0/s1. The van der Waals surface area contributed by atoms with Crippen molar-refractivity contribution in [3.63, 3.8) is 0 Å². The van der Waals surface area contributed by atoms with Crippen molar-refractivity contribution >= 4 is 50.7 Å². The minimum absolute atomic E-state index is 0.0307. The second-order valence-electron chi connectivity index (χ2n) is 9.63. The lowest BCUT2D eigenvalue weighted by Gasteiger charge is -2.33. The Morgan fingerprint density at radius 1 is 0.976 bits per heavy atom. The predicted molar refractivity (Wildman–Crippen MR) is 161 cm³/mol. The van der Waals surface area contributed by atoms with Crippen LogP contribution in [0.4, 0.5) is 10.1 Å². The summed E-state index contributed by atoms with van der Waals surface area (Å²) < 4.78 is 42.4. The minimum Gasteiger partial charge on any atom is -0.354 e. The largest absolute Gasteiger partial charge is 0.354 e. The van der Waals surface area contributed by atoms with Gasteiger partial charge in [-0.05, 0) is 73.9 Å². The molecule has 0 heterocycles. The highest BCUT2D eigenvalue weighted by Crippen LogP contribution is 2.27. The molecular formula is C30H34Cl2FN3O4S. The highest BCUT2D eigenvalue weighted by molar-refractivity contribution is 7.92. The van der Waals surface area contributed by atoms with Gasteiger partial charge in [-0.2, -0.15) is 0 Å². The minimum atomic E-state index is -4.25. The number of anilines is 1. The van der Waals surface area contributed by atoms with Crippen LogP contribution < -0.4 is 9.62 Å². The number of rotatable bonds is 13. The zero-order valence-corrected chi connectivity index (χ0v) is 25.6. The zero-order valence-electron chi connectivity index (χ0n) is 23.2. The Kier molecular flexibility index (Phi) is 11.6. The fourth-order valence-corrected chi connectivity index (χ4v) is 6.12. The van der Waals surface area contributed by atoms with Crippen molar-refractivity contribution in [3.05, 3.63) is 93.7 Å². The van der Waals surface area contributed by atoms with Crippen LogP contribution >= 0.6 is 23.2 Å². The van der Waals surface area contributed by atoms with Gasteiger partial charge in [0.1, 0.15) is 18.4 Å². The Balaban J connectivity index is 2.05. The highest BCUT2D eigenvalue weighted by Gasteiger charge is 2.34. The van der Waals surface area contributed by atoms with Crippen molar-refractivity contribution in [2.45, 2.75) is 57.5 Å². The van der Waals surface area contributed by atoms with Crippen molar-refractivity contribution in [3.8, 4) is 0 Å². The number of carbonyl (C=O) groups excluding carboxylic acids is 2. The first kappa shape index (κ1) is 32.4. The van der Waals surface area contributed by atoms with Gasteiger partial charge in [0.25, 0.3) is 10.0 Å². The summed E-state index contributed by atoms with van der Waals surface area (Å²) in [6, 6.07) is 15.0. The molecule has 0 saturated carbocycles. The van der Waals surface area contributed by atoms with Gasteiger partial charge >= 0.3 is 0 Å². The van der Waals surface area contributed by atoms with Crippen LogP contribution in [0.5, 0.6) is 0 Å². The third kappa shape index (κ3) is 8.44. The van der Waals surface area contributed by atoms with Crippen LogP contribution in [0.3, 0.4) is 0 Å². The van der Waals surface area contributed by atoms with Gasteiger partial charge in [0.15, 0.2) is 0 Å². The molecule has 3 aromatic carbocycles. The molecule has 0 aliphatic rings. The second-order valence-corrected chi connectivity index (χ2v) is 12.3. The summed E-state index contributed by atoms with van der Waals surface area (Å²) >= 11 is 12.5. The van der Waals surface area contributed by atoms with Crippen molar-refractivity contribution in [1.82, 2.24) is 10.2 Å². The van der Waals surface area contributed by atoms with Crippen molar-refractivity contribution in [2.75, 3.05) is 17.4 Å². The number of benzene rings is 3. The van der Waals surface area contributed by atoms with Gasteiger partial charge in [0.2, 0.25) is 11.8 Å². The number of aryl methyl sites for hydroxylation is 1. The van der Waals surface area contributed by atoms with Crippen LogP contribution in [0.25, 0.3) is 0 Å². The third-order valence-corrected chi connectivity index (χ3v) is 8.95. The summed E-state index contributed by atoms with van der Waals surface area (Å²) in [5, 5.41) is 3.59. The van der Waals surface area contributed by atoms with Crippen LogP contribution in [0, 0.1) is 12.7 Å². The first-order valence-electron chi connectivity index (χ1n) is 13.3. The lowest BCUT2D eigenvalue weighted by atomic mass is 10.1. The molecule has 0 bridgehead atoms. The molecule has 0 radical (unpaired) electrons. The van der Waals surface area contributed by atoms with Crippen molar-refractivity contribution in [1.29, 1.82) is 0 Å². The molecule has 220 valence electrons. The topological polar surface area (TPSA) is 86.8 Å². The normalized spacial score (nSPS) is 12.0. The quantitative estimate of drug-likeness (QED) is 0.225. The molecule has 3 aromatic rings. The summed E-state index contributed by atoms with van der Waals surface area (Å²) in [6.45, 7) is 5.35. The van der Waals surface area contributed by atoms with Gasteiger partial charge < -0.3 is 10.2 Å². The van der Waals surface area contributed by atoms with Gasteiger partial charge in [0.05, 0.1) is 10.6 Å². The molecule has 1 atom stereocenters. The monoisotopic (exact) mass is 621 g/mol. The molecule has 0 aliphatic carbocycles. The van der Waals surface area contributed by atoms with Gasteiger partial charge in [-0.25, -0.2) is 12.8 Å². The number of carbonyl (C=O) groups is 2. The fourth-order valence-electron chi connectivity index (χ4n) is 4.23. The number of amides is 2. The van der Waals surface area contributed by atoms with Crippen LogP contribution in [0.15, 0.2) is 71.6 Å². The molecular weight excluding hydrogens is 588 g/mol.